The number of carbonyl (C=O) groups excluding carboxylic acids is 1. The average molecular weight is 460 g/mol. The van der Waals surface area contributed by atoms with Crippen LogP contribution in [0.1, 0.15) is 41.6 Å². The molecule has 0 fully saturated rings. The molecule has 2 aromatic rings. The minimum absolute atomic E-state index is 0.203. The van der Waals surface area contributed by atoms with Gasteiger partial charge in [0.05, 0.1) is 36.1 Å². The topological polar surface area (TPSA) is 56.5 Å². The van der Waals surface area contributed by atoms with E-state index < -0.39 is 14.0 Å². The van der Waals surface area contributed by atoms with E-state index in [1.54, 1.807) is 38.4 Å². The summed E-state index contributed by atoms with van der Waals surface area (Å²) < 4.78 is 22.0. The number of fused-ring (bicyclic) bond motifs is 3. The first kappa shape index (κ1) is 22.7. The van der Waals surface area contributed by atoms with Crippen molar-refractivity contribution in [2.45, 2.75) is 39.5 Å². The van der Waals surface area contributed by atoms with Gasteiger partial charge in [0.2, 0.25) is 0 Å². The highest BCUT2D eigenvalue weighted by atomic mass is 28.3. The van der Waals surface area contributed by atoms with Crippen LogP contribution in [0.15, 0.2) is 65.0 Å². The van der Waals surface area contributed by atoms with Crippen LogP contribution in [0.5, 0.6) is 0 Å². The quantitative estimate of drug-likeness (QED) is 0.353. The summed E-state index contributed by atoms with van der Waals surface area (Å²) >= 11 is 0. The van der Waals surface area contributed by atoms with E-state index in [0.717, 1.165) is 11.1 Å². The van der Waals surface area contributed by atoms with Crippen LogP contribution in [-0.4, -0.2) is 35.9 Å². The Labute approximate surface area is 194 Å². The molecule has 2 aliphatic rings. The molecule has 4 rings (SSSR count). The summed E-state index contributed by atoms with van der Waals surface area (Å²) in [5, 5.41) is 0. The lowest BCUT2D eigenvalue weighted by Crippen LogP contribution is -2.17. The maximum Gasteiger partial charge on any atom is 0.359 e. The van der Waals surface area contributed by atoms with Crippen molar-refractivity contribution >= 4 is 25.5 Å². The summed E-state index contributed by atoms with van der Waals surface area (Å²) in [5.41, 5.74) is 7.28. The summed E-state index contributed by atoms with van der Waals surface area (Å²) in [5.74, 6) is 2.42. The molecule has 1 aromatic carbocycles. The molecule has 0 saturated carbocycles. The van der Waals surface area contributed by atoms with Gasteiger partial charge in [-0.2, -0.15) is 0 Å². The Morgan fingerprint density at radius 1 is 1.27 bits per heavy atom. The Kier molecular flexibility index (Phi) is 6.04. The van der Waals surface area contributed by atoms with Crippen LogP contribution in [-0.2, 0) is 4.74 Å². The molecular formula is C26H26FN3O2Si. The first-order chi connectivity index (χ1) is 15.7. The highest BCUT2D eigenvalue weighted by Gasteiger charge is 2.31. The Balaban J connectivity index is 1.96. The molecule has 1 aromatic heterocycles. The molecular weight excluding hydrogens is 433 g/mol. The van der Waals surface area contributed by atoms with Crippen LogP contribution in [0, 0.1) is 17.3 Å². The molecule has 1 unspecified atom stereocenters. The van der Waals surface area contributed by atoms with E-state index in [1.165, 1.54) is 6.07 Å². The maximum absolute atomic E-state index is 14.9. The Morgan fingerprint density at radius 3 is 2.73 bits per heavy atom. The first-order valence-electron chi connectivity index (χ1n) is 10.9. The molecule has 0 radical (unpaired) electrons. The smallest absolute Gasteiger partial charge is 0.359 e. The summed E-state index contributed by atoms with van der Waals surface area (Å²) in [6.45, 7) is 10.4. The van der Waals surface area contributed by atoms with Gasteiger partial charge in [0.15, 0.2) is 5.69 Å². The number of carbonyl (C=O) groups is 1. The van der Waals surface area contributed by atoms with E-state index in [-0.39, 0.29) is 24.2 Å². The van der Waals surface area contributed by atoms with E-state index >= 15 is 0 Å². The molecule has 1 aliphatic heterocycles. The lowest BCUT2D eigenvalue weighted by molar-refractivity contribution is 0.0519. The molecule has 33 heavy (non-hydrogen) atoms. The first-order valence-corrected chi connectivity index (χ1v) is 14.4. The number of ether oxygens (including phenoxy) is 1. The van der Waals surface area contributed by atoms with Gasteiger partial charge in [-0.1, -0.05) is 43.8 Å². The molecule has 1 atom stereocenters. The molecule has 168 valence electrons. The molecule has 2 heterocycles. The molecule has 0 saturated heterocycles. The van der Waals surface area contributed by atoms with Crippen molar-refractivity contribution < 1.29 is 13.9 Å². The lowest BCUT2D eigenvalue weighted by Gasteiger charge is -2.22. The van der Waals surface area contributed by atoms with Crippen LogP contribution in [0.2, 0.25) is 19.6 Å². The van der Waals surface area contributed by atoms with Crippen molar-refractivity contribution in [1.82, 2.24) is 9.55 Å². The average Bonchev–Trinajstić information content (AvgIpc) is 3.17. The summed E-state index contributed by atoms with van der Waals surface area (Å²) in [6, 6.07) is 6.27. The standard InChI is InChI=1S/C26H26FN3O2Si/c1-6-32-26(31)24-25-17(2)29-23(19-9-7-8-10-21(19)27)20-15-18(13-14-33(3,4)5)11-12-22(20)30(25)16-28-24/h7-12,15-16,22H,6H2,1-5H3. The molecule has 5 nitrogen and oxygen atoms in total. The van der Waals surface area contributed by atoms with Crippen LogP contribution >= 0.6 is 0 Å². The molecule has 7 heteroatoms. The second kappa shape index (κ2) is 8.79. The van der Waals surface area contributed by atoms with Crippen LogP contribution in [0.4, 0.5) is 4.39 Å². The van der Waals surface area contributed by atoms with Crippen molar-refractivity contribution in [3.05, 3.63) is 82.7 Å². The van der Waals surface area contributed by atoms with Gasteiger partial charge in [0, 0.05) is 16.7 Å². The second-order valence-electron chi connectivity index (χ2n) is 8.95. The molecule has 0 amide bonds. The number of benzene rings is 1. The highest BCUT2D eigenvalue weighted by Crippen LogP contribution is 2.38. The van der Waals surface area contributed by atoms with Crippen LogP contribution < -0.4 is 0 Å². The highest BCUT2D eigenvalue weighted by molar-refractivity contribution is 6.83. The third-order valence-corrected chi connectivity index (χ3v) is 6.13. The van der Waals surface area contributed by atoms with Gasteiger partial charge in [0.1, 0.15) is 13.9 Å². The number of hydrogen-bond acceptors (Lipinski definition) is 4. The predicted molar refractivity (Wildman–Crippen MR) is 131 cm³/mol. The Morgan fingerprint density at radius 2 is 2.03 bits per heavy atom. The van der Waals surface area contributed by atoms with Gasteiger partial charge in [-0.15, -0.1) is 5.54 Å². The van der Waals surface area contributed by atoms with Crippen molar-refractivity contribution in [1.29, 1.82) is 0 Å². The molecule has 0 bridgehead atoms. The fourth-order valence-corrected chi connectivity index (χ4v) is 4.34. The van der Waals surface area contributed by atoms with Crippen molar-refractivity contribution in [2.24, 2.45) is 4.99 Å². The number of allylic oxidation sites excluding steroid dienone is 5. The number of aromatic nitrogens is 2. The minimum atomic E-state index is -1.58. The van der Waals surface area contributed by atoms with E-state index in [0.29, 0.717) is 22.7 Å². The van der Waals surface area contributed by atoms with Crippen molar-refractivity contribution in [3.8, 4) is 11.5 Å². The zero-order valence-electron chi connectivity index (χ0n) is 19.4. The fourth-order valence-electron chi connectivity index (χ4n) is 3.82. The van der Waals surface area contributed by atoms with Gasteiger partial charge in [-0.3, -0.25) is 4.99 Å². The summed E-state index contributed by atoms with van der Waals surface area (Å²) in [6.07, 6.45) is 7.55. The normalized spacial score (nSPS) is 17.2. The number of esters is 1. The van der Waals surface area contributed by atoms with Gasteiger partial charge in [-0.05, 0) is 38.1 Å². The maximum atomic E-state index is 14.9. The largest absolute Gasteiger partial charge is 0.461 e. The monoisotopic (exact) mass is 459 g/mol. The molecule has 1 aliphatic carbocycles. The van der Waals surface area contributed by atoms with Gasteiger partial charge in [-0.25, -0.2) is 14.2 Å². The van der Waals surface area contributed by atoms with Crippen LogP contribution in [0.3, 0.4) is 0 Å². The van der Waals surface area contributed by atoms with Crippen molar-refractivity contribution in [3.63, 3.8) is 0 Å². The fraction of sp³-hybridized carbons (Fsp3) is 0.269. The van der Waals surface area contributed by atoms with Gasteiger partial charge in [0.25, 0.3) is 0 Å². The minimum Gasteiger partial charge on any atom is -0.461 e. The molecule has 0 N–H and O–H groups in total. The van der Waals surface area contributed by atoms with E-state index in [2.05, 4.69) is 36.1 Å². The number of halogens is 1. The van der Waals surface area contributed by atoms with E-state index in [1.807, 2.05) is 22.8 Å². The Bertz CT molecular complexity index is 1310. The van der Waals surface area contributed by atoms with Gasteiger partial charge < -0.3 is 9.30 Å². The lowest BCUT2D eigenvalue weighted by atomic mass is 9.93. The second-order valence-corrected chi connectivity index (χ2v) is 13.7. The summed E-state index contributed by atoms with van der Waals surface area (Å²) in [7, 11) is -1.58. The SMILES string of the molecule is CCOC(=O)c1ncn2c1C(C)=NC(c1ccccc1F)=C1C=C(C#C[Si](C)(C)C)C=CC12. The van der Waals surface area contributed by atoms with Gasteiger partial charge >= 0.3 is 5.97 Å². The third-order valence-electron chi connectivity index (χ3n) is 5.26. The number of nitrogens with zero attached hydrogens (tertiary/aromatic N) is 3. The molecule has 0 spiro atoms. The van der Waals surface area contributed by atoms with E-state index in [9.17, 15) is 9.18 Å². The predicted octanol–water partition coefficient (Wildman–Crippen LogP) is 5.35. The van der Waals surface area contributed by atoms with Crippen LogP contribution in [0.25, 0.3) is 5.70 Å². The summed E-state index contributed by atoms with van der Waals surface area (Å²) in [4.78, 5) is 21.7. The number of imidazole rings is 1. The number of rotatable bonds is 3. The number of aliphatic imine (C=N–C) groups is 1. The van der Waals surface area contributed by atoms with E-state index in [4.69, 9.17) is 9.73 Å². The Hall–Kier alpha value is -3.50. The van der Waals surface area contributed by atoms with Crippen molar-refractivity contribution in [2.75, 3.05) is 6.61 Å². The zero-order valence-corrected chi connectivity index (χ0v) is 20.4. The number of hydrogen-bond donors (Lipinski definition) is 0. The zero-order chi connectivity index (χ0) is 23.8. The third kappa shape index (κ3) is 4.52.